The maximum Gasteiger partial charge on any atom is 0.167 e. The van der Waals surface area contributed by atoms with Gasteiger partial charge in [0.15, 0.2) is 11.6 Å². The maximum atomic E-state index is 13.0. The van der Waals surface area contributed by atoms with Crippen molar-refractivity contribution in [1.29, 1.82) is 0 Å². The predicted molar refractivity (Wildman–Crippen MR) is 76.8 cm³/mol. The lowest BCUT2D eigenvalue weighted by Crippen LogP contribution is -2.42. The first-order chi connectivity index (χ1) is 9.63. The highest BCUT2D eigenvalue weighted by molar-refractivity contribution is 6.17. The van der Waals surface area contributed by atoms with Crippen LogP contribution < -0.4 is 0 Å². The minimum atomic E-state index is -0.0177. The molecule has 1 aromatic carbocycles. The third kappa shape index (κ3) is 1.35. The van der Waals surface area contributed by atoms with E-state index in [1.54, 1.807) is 0 Å². The molecule has 4 rings (SSSR count). The molecule has 2 nitrogen and oxygen atoms in total. The summed E-state index contributed by atoms with van der Waals surface area (Å²) in [4.78, 5) is 25.9. The third-order valence-corrected chi connectivity index (χ3v) is 5.99. The molecule has 3 aliphatic carbocycles. The van der Waals surface area contributed by atoms with E-state index < -0.39 is 0 Å². The molecular formula is C18H20O2. The van der Waals surface area contributed by atoms with Crippen LogP contribution in [0.4, 0.5) is 0 Å². The van der Waals surface area contributed by atoms with Crippen molar-refractivity contribution in [3.8, 4) is 0 Å². The van der Waals surface area contributed by atoms with Crippen LogP contribution in [0.3, 0.4) is 0 Å². The highest BCUT2D eigenvalue weighted by Gasteiger charge is 2.59. The average molecular weight is 268 g/mol. The fraction of sp³-hybridized carbons (Fsp3) is 0.556. The van der Waals surface area contributed by atoms with Crippen molar-refractivity contribution in [3.63, 3.8) is 0 Å². The lowest BCUT2D eigenvalue weighted by molar-refractivity contribution is 0.0615. The Morgan fingerprint density at radius 2 is 1.90 bits per heavy atom. The molecule has 0 heterocycles. The van der Waals surface area contributed by atoms with Gasteiger partial charge in [-0.3, -0.25) is 9.59 Å². The van der Waals surface area contributed by atoms with Gasteiger partial charge < -0.3 is 0 Å². The third-order valence-electron chi connectivity index (χ3n) is 5.99. The SMILES string of the molecule is CCc1cccc2c1C(=O)C1C3CC(C)C(C3)C1C2=O. The molecule has 5 unspecified atom stereocenters. The molecule has 0 aliphatic heterocycles. The molecule has 0 aromatic heterocycles. The lowest BCUT2D eigenvalue weighted by atomic mass is 9.64. The highest BCUT2D eigenvalue weighted by Crippen LogP contribution is 2.58. The van der Waals surface area contributed by atoms with Crippen LogP contribution in [0.15, 0.2) is 18.2 Å². The van der Waals surface area contributed by atoms with Gasteiger partial charge in [0.1, 0.15) is 0 Å². The molecule has 3 aliphatic rings. The van der Waals surface area contributed by atoms with E-state index in [2.05, 4.69) is 13.8 Å². The second-order valence-corrected chi connectivity index (χ2v) is 6.85. The van der Waals surface area contributed by atoms with Crippen LogP contribution in [-0.4, -0.2) is 11.6 Å². The van der Waals surface area contributed by atoms with Crippen LogP contribution in [0.5, 0.6) is 0 Å². The number of carbonyl (C=O) groups excluding carboxylic acids is 2. The number of Topliss-reactive ketones (excluding diaryl/α,β-unsaturated/α-hetero) is 2. The Bertz CT molecular complexity index is 616. The standard InChI is InChI=1S/C18H20O2/c1-3-10-5-4-6-12-14(10)18(20)15-11-7-9(2)13(8-11)16(15)17(12)19/h4-6,9,11,13,15-16H,3,7-8H2,1-2H3. The van der Waals surface area contributed by atoms with E-state index in [0.717, 1.165) is 30.4 Å². The van der Waals surface area contributed by atoms with Crippen LogP contribution in [0.25, 0.3) is 0 Å². The molecule has 0 N–H and O–H groups in total. The fourth-order valence-corrected chi connectivity index (χ4v) is 5.16. The van der Waals surface area contributed by atoms with E-state index in [1.165, 1.54) is 0 Å². The predicted octanol–water partition coefficient (Wildman–Crippen LogP) is 3.54. The van der Waals surface area contributed by atoms with Crippen LogP contribution in [0.2, 0.25) is 0 Å². The average Bonchev–Trinajstić information content (AvgIpc) is 3.00. The van der Waals surface area contributed by atoms with Crippen LogP contribution >= 0.6 is 0 Å². The zero-order valence-corrected chi connectivity index (χ0v) is 12.1. The smallest absolute Gasteiger partial charge is 0.167 e. The molecule has 104 valence electrons. The van der Waals surface area contributed by atoms with Crippen molar-refractivity contribution in [2.75, 3.05) is 0 Å². The number of fused-ring (bicyclic) bond motifs is 6. The van der Waals surface area contributed by atoms with Crippen LogP contribution in [0.1, 0.15) is 53.0 Å². The van der Waals surface area contributed by atoms with Gasteiger partial charge in [-0.15, -0.1) is 0 Å². The molecule has 2 heteroatoms. The molecule has 20 heavy (non-hydrogen) atoms. The second kappa shape index (κ2) is 4.03. The molecule has 1 aromatic rings. The van der Waals surface area contributed by atoms with Crippen molar-refractivity contribution in [2.45, 2.75) is 33.1 Å². The van der Waals surface area contributed by atoms with Crippen molar-refractivity contribution in [2.24, 2.45) is 29.6 Å². The maximum absolute atomic E-state index is 13.0. The number of rotatable bonds is 1. The summed E-state index contributed by atoms with van der Waals surface area (Å²) < 4.78 is 0. The van der Waals surface area contributed by atoms with Crippen molar-refractivity contribution < 1.29 is 9.59 Å². The summed E-state index contributed by atoms with van der Waals surface area (Å²) in [6, 6.07) is 5.79. The van der Waals surface area contributed by atoms with Crippen LogP contribution in [-0.2, 0) is 6.42 Å². The number of aryl methyl sites for hydroxylation is 1. The van der Waals surface area contributed by atoms with Gasteiger partial charge in [0.25, 0.3) is 0 Å². The first kappa shape index (κ1) is 12.3. The number of carbonyl (C=O) groups is 2. The monoisotopic (exact) mass is 268 g/mol. The van der Waals surface area contributed by atoms with Gasteiger partial charge in [-0.2, -0.15) is 0 Å². The second-order valence-electron chi connectivity index (χ2n) is 6.85. The summed E-state index contributed by atoms with van der Waals surface area (Å²) in [5.41, 5.74) is 2.51. The summed E-state index contributed by atoms with van der Waals surface area (Å²) >= 11 is 0. The van der Waals surface area contributed by atoms with Crippen molar-refractivity contribution >= 4 is 11.6 Å². The molecule has 5 atom stereocenters. The minimum absolute atomic E-state index is 0.0103. The molecule has 0 spiro atoms. The Morgan fingerprint density at radius 1 is 1.10 bits per heavy atom. The summed E-state index contributed by atoms with van der Waals surface area (Å²) in [5.74, 6) is 1.99. The topological polar surface area (TPSA) is 34.1 Å². The number of ketones is 2. The minimum Gasteiger partial charge on any atom is -0.294 e. The Morgan fingerprint density at radius 3 is 2.65 bits per heavy atom. The molecule has 0 amide bonds. The summed E-state index contributed by atoms with van der Waals surface area (Å²) in [6.45, 7) is 4.30. The normalized spacial score (nSPS) is 38.0. The lowest BCUT2D eigenvalue weighted by Gasteiger charge is -2.37. The first-order valence-corrected chi connectivity index (χ1v) is 7.83. The molecule has 2 saturated carbocycles. The molecule has 0 radical (unpaired) electrons. The molecular weight excluding hydrogens is 248 g/mol. The van der Waals surface area contributed by atoms with E-state index in [4.69, 9.17) is 0 Å². The quantitative estimate of drug-likeness (QED) is 0.780. The summed E-state index contributed by atoms with van der Waals surface area (Å²) in [5, 5.41) is 0. The molecule has 0 saturated heterocycles. The Balaban J connectivity index is 1.89. The Kier molecular flexibility index (Phi) is 2.48. The van der Waals surface area contributed by atoms with E-state index in [0.29, 0.717) is 23.3 Å². The van der Waals surface area contributed by atoms with Gasteiger partial charge in [0.05, 0.1) is 0 Å². The number of benzene rings is 1. The Labute approximate surface area is 119 Å². The number of hydrogen-bond acceptors (Lipinski definition) is 2. The van der Waals surface area contributed by atoms with E-state index in [9.17, 15) is 9.59 Å². The zero-order chi connectivity index (χ0) is 14.0. The van der Waals surface area contributed by atoms with E-state index >= 15 is 0 Å². The highest BCUT2D eigenvalue weighted by atomic mass is 16.1. The van der Waals surface area contributed by atoms with E-state index in [-0.39, 0.29) is 23.4 Å². The Hall–Kier alpha value is -1.44. The van der Waals surface area contributed by atoms with Gasteiger partial charge in [-0.1, -0.05) is 32.0 Å². The zero-order valence-electron chi connectivity index (χ0n) is 12.1. The van der Waals surface area contributed by atoms with Gasteiger partial charge in [-0.25, -0.2) is 0 Å². The van der Waals surface area contributed by atoms with E-state index in [1.807, 2.05) is 18.2 Å². The van der Waals surface area contributed by atoms with Gasteiger partial charge >= 0.3 is 0 Å². The molecule has 2 fully saturated rings. The molecule has 2 bridgehead atoms. The largest absolute Gasteiger partial charge is 0.294 e. The fourth-order valence-electron chi connectivity index (χ4n) is 5.16. The van der Waals surface area contributed by atoms with Gasteiger partial charge in [0, 0.05) is 23.0 Å². The first-order valence-electron chi connectivity index (χ1n) is 7.83. The number of hydrogen-bond donors (Lipinski definition) is 0. The van der Waals surface area contributed by atoms with Crippen LogP contribution in [0, 0.1) is 29.6 Å². The van der Waals surface area contributed by atoms with Gasteiger partial charge in [-0.05, 0) is 42.6 Å². The van der Waals surface area contributed by atoms with Crippen molar-refractivity contribution in [3.05, 3.63) is 34.9 Å². The van der Waals surface area contributed by atoms with Crippen molar-refractivity contribution in [1.82, 2.24) is 0 Å². The van der Waals surface area contributed by atoms with Gasteiger partial charge in [0.2, 0.25) is 0 Å². The summed E-state index contributed by atoms with van der Waals surface area (Å²) in [6.07, 6.45) is 3.04. The summed E-state index contributed by atoms with van der Waals surface area (Å²) in [7, 11) is 0.